The number of hydrogen-bond acceptors (Lipinski definition) is 6. The molecule has 8 nitrogen and oxygen atoms in total. The summed E-state index contributed by atoms with van der Waals surface area (Å²) in [6, 6.07) is 6.61. The lowest BCUT2D eigenvalue weighted by molar-refractivity contribution is -0.120. The lowest BCUT2D eigenvalue weighted by Crippen LogP contribution is -2.36. The number of hydroxylamine groups is 2. The van der Waals surface area contributed by atoms with Crippen LogP contribution in [0.5, 0.6) is 0 Å². The molecule has 24 heavy (non-hydrogen) atoms. The monoisotopic (exact) mass is 335 g/mol. The van der Waals surface area contributed by atoms with E-state index in [1.165, 1.54) is 0 Å². The first-order chi connectivity index (χ1) is 11.6. The molecular formula is C16H21N3O5. The molecule has 1 aliphatic heterocycles. The van der Waals surface area contributed by atoms with Crippen molar-refractivity contribution in [3.05, 3.63) is 35.4 Å². The van der Waals surface area contributed by atoms with Gasteiger partial charge >= 0.3 is 0 Å². The summed E-state index contributed by atoms with van der Waals surface area (Å²) in [5.41, 5.74) is 0.710. The van der Waals surface area contributed by atoms with E-state index in [2.05, 4.69) is 10.6 Å². The van der Waals surface area contributed by atoms with Gasteiger partial charge in [-0.15, -0.1) is 5.06 Å². The molecule has 0 saturated carbocycles. The Morgan fingerprint density at radius 3 is 2.38 bits per heavy atom. The van der Waals surface area contributed by atoms with Crippen LogP contribution in [-0.2, 0) is 14.4 Å². The molecule has 0 aliphatic carbocycles. The summed E-state index contributed by atoms with van der Waals surface area (Å²) < 4.78 is 4.83. The van der Waals surface area contributed by atoms with Crippen molar-refractivity contribution in [1.82, 2.24) is 15.7 Å². The van der Waals surface area contributed by atoms with Crippen molar-refractivity contribution in [1.29, 1.82) is 0 Å². The summed E-state index contributed by atoms with van der Waals surface area (Å²) in [7, 11) is 1.57. The number of amides is 3. The Hall–Kier alpha value is -2.29. The lowest BCUT2D eigenvalue weighted by Gasteiger charge is -2.13. The third-order valence-electron chi connectivity index (χ3n) is 3.39. The number of carbonyl (C=O) groups is 3. The van der Waals surface area contributed by atoms with Gasteiger partial charge in [0.25, 0.3) is 11.8 Å². The minimum atomic E-state index is -0.443. The Balaban J connectivity index is 1.61. The number of imide groups is 1. The molecule has 0 atom stereocenters. The molecule has 0 radical (unpaired) electrons. The molecule has 3 amide bonds. The standard InChI is InChI=1S/C16H21N3O5/c1-23-10-8-18-14(20)11-17-7-4-9-24-19-15(21)12-5-2-3-6-13(12)16(19)22/h2-3,5-6,17H,4,7-11H2,1H3,(H,18,20). The third kappa shape index (κ3) is 4.60. The van der Waals surface area contributed by atoms with Crippen LogP contribution < -0.4 is 10.6 Å². The van der Waals surface area contributed by atoms with Crippen LogP contribution in [0.25, 0.3) is 0 Å². The van der Waals surface area contributed by atoms with Gasteiger partial charge in [0.1, 0.15) is 0 Å². The summed E-state index contributed by atoms with van der Waals surface area (Å²) in [6.45, 7) is 1.86. The molecule has 1 aromatic rings. The molecule has 0 bridgehead atoms. The fraction of sp³-hybridized carbons (Fsp3) is 0.438. The van der Waals surface area contributed by atoms with Crippen molar-refractivity contribution in [2.24, 2.45) is 0 Å². The van der Waals surface area contributed by atoms with Gasteiger partial charge in [-0.05, 0) is 25.1 Å². The van der Waals surface area contributed by atoms with Gasteiger partial charge in [0.2, 0.25) is 5.91 Å². The largest absolute Gasteiger partial charge is 0.383 e. The summed E-state index contributed by atoms with van der Waals surface area (Å²) in [5, 5.41) is 6.44. The van der Waals surface area contributed by atoms with E-state index in [0.29, 0.717) is 37.2 Å². The Labute approximate surface area is 140 Å². The first-order valence-electron chi connectivity index (χ1n) is 7.72. The average molecular weight is 335 g/mol. The van der Waals surface area contributed by atoms with Gasteiger partial charge in [0.05, 0.1) is 30.9 Å². The minimum absolute atomic E-state index is 0.117. The number of methoxy groups -OCH3 is 1. The van der Waals surface area contributed by atoms with Gasteiger partial charge in [0, 0.05) is 13.7 Å². The fourth-order valence-electron chi connectivity index (χ4n) is 2.19. The van der Waals surface area contributed by atoms with Gasteiger partial charge in [-0.3, -0.25) is 19.2 Å². The molecule has 1 heterocycles. The Bertz CT molecular complexity index is 570. The van der Waals surface area contributed by atoms with Crippen molar-refractivity contribution >= 4 is 17.7 Å². The van der Waals surface area contributed by atoms with Crippen LogP contribution in [-0.4, -0.2) is 62.7 Å². The van der Waals surface area contributed by atoms with Crippen molar-refractivity contribution in [2.75, 3.05) is 40.0 Å². The quantitative estimate of drug-likeness (QED) is 0.460. The van der Waals surface area contributed by atoms with Crippen molar-refractivity contribution in [3.63, 3.8) is 0 Å². The molecular weight excluding hydrogens is 314 g/mol. The minimum Gasteiger partial charge on any atom is -0.383 e. The van der Waals surface area contributed by atoms with Crippen molar-refractivity contribution in [3.8, 4) is 0 Å². The SMILES string of the molecule is COCCNC(=O)CNCCCON1C(=O)c2ccccc2C1=O. The number of nitrogens with zero attached hydrogens (tertiary/aromatic N) is 1. The van der Waals surface area contributed by atoms with Crippen LogP contribution in [0.4, 0.5) is 0 Å². The van der Waals surface area contributed by atoms with Crippen LogP contribution in [0.1, 0.15) is 27.1 Å². The fourth-order valence-corrected chi connectivity index (χ4v) is 2.19. The Morgan fingerprint density at radius 2 is 1.75 bits per heavy atom. The van der Waals surface area contributed by atoms with Gasteiger partial charge < -0.3 is 15.4 Å². The number of rotatable bonds is 10. The summed E-state index contributed by atoms with van der Waals surface area (Å²) >= 11 is 0. The number of nitrogens with one attached hydrogen (secondary N) is 2. The van der Waals surface area contributed by atoms with Crippen LogP contribution in [0.3, 0.4) is 0 Å². The Morgan fingerprint density at radius 1 is 1.08 bits per heavy atom. The smallest absolute Gasteiger partial charge is 0.285 e. The molecule has 0 spiro atoms. The molecule has 2 N–H and O–H groups in total. The molecule has 130 valence electrons. The zero-order valence-corrected chi connectivity index (χ0v) is 13.5. The molecule has 1 aromatic carbocycles. The predicted octanol–water partition coefficient (Wildman–Crippen LogP) is -0.0435. The second-order valence-electron chi connectivity index (χ2n) is 5.16. The van der Waals surface area contributed by atoms with Crippen LogP contribution in [0, 0.1) is 0 Å². The highest BCUT2D eigenvalue weighted by atomic mass is 16.7. The van der Waals surface area contributed by atoms with E-state index in [-0.39, 0.29) is 19.1 Å². The number of benzene rings is 1. The molecule has 0 unspecified atom stereocenters. The first-order valence-corrected chi connectivity index (χ1v) is 7.72. The number of ether oxygens (including phenoxy) is 1. The van der Waals surface area contributed by atoms with E-state index in [1.807, 2.05) is 0 Å². The zero-order chi connectivity index (χ0) is 17.4. The van der Waals surface area contributed by atoms with E-state index in [9.17, 15) is 14.4 Å². The van der Waals surface area contributed by atoms with Gasteiger partial charge in [-0.2, -0.15) is 0 Å². The molecule has 2 rings (SSSR count). The van der Waals surface area contributed by atoms with E-state index >= 15 is 0 Å². The maximum absolute atomic E-state index is 12.0. The second kappa shape index (κ2) is 9.11. The van der Waals surface area contributed by atoms with Gasteiger partial charge in [0.15, 0.2) is 0 Å². The second-order valence-corrected chi connectivity index (χ2v) is 5.16. The molecule has 8 heteroatoms. The van der Waals surface area contributed by atoms with Crippen molar-refractivity contribution in [2.45, 2.75) is 6.42 Å². The molecule has 0 saturated heterocycles. The van der Waals surface area contributed by atoms with E-state index in [1.54, 1.807) is 31.4 Å². The number of hydrogen-bond donors (Lipinski definition) is 2. The highest BCUT2D eigenvalue weighted by Crippen LogP contribution is 2.22. The maximum atomic E-state index is 12.0. The maximum Gasteiger partial charge on any atom is 0.285 e. The van der Waals surface area contributed by atoms with E-state index in [0.717, 1.165) is 5.06 Å². The van der Waals surface area contributed by atoms with Crippen LogP contribution >= 0.6 is 0 Å². The van der Waals surface area contributed by atoms with Gasteiger partial charge in [-0.1, -0.05) is 12.1 Å². The number of fused-ring (bicyclic) bond motifs is 1. The van der Waals surface area contributed by atoms with Crippen LogP contribution in [0.2, 0.25) is 0 Å². The van der Waals surface area contributed by atoms with E-state index < -0.39 is 11.8 Å². The zero-order valence-electron chi connectivity index (χ0n) is 13.5. The molecule has 1 aliphatic rings. The molecule has 0 aromatic heterocycles. The summed E-state index contributed by atoms with van der Waals surface area (Å²) in [4.78, 5) is 40.8. The third-order valence-corrected chi connectivity index (χ3v) is 3.39. The van der Waals surface area contributed by atoms with E-state index in [4.69, 9.17) is 9.57 Å². The normalized spacial score (nSPS) is 13.3. The average Bonchev–Trinajstić information content (AvgIpc) is 2.83. The Kier molecular flexibility index (Phi) is 6.86. The van der Waals surface area contributed by atoms with Crippen LogP contribution in [0.15, 0.2) is 24.3 Å². The van der Waals surface area contributed by atoms with Gasteiger partial charge in [-0.25, -0.2) is 0 Å². The predicted molar refractivity (Wildman–Crippen MR) is 85.3 cm³/mol. The lowest BCUT2D eigenvalue weighted by atomic mass is 10.1. The highest BCUT2D eigenvalue weighted by Gasteiger charge is 2.36. The topological polar surface area (TPSA) is 97.0 Å². The highest BCUT2D eigenvalue weighted by molar-refractivity contribution is 6.20. The summed E-state index contributed by atoms with van der Waals surface area (Å²) in [6.07, 6.45) is 0.554. The molecule has 0 fully saturated rings. The first kappa shape index (κ1) is 18.1. The summed E-state index contributed by atoms with van der Waals surface area (Å²) in [5.74, 6) is -1.00. The number of carbonyl (C=O) groups excluding carboxylic acids is 3. The van der Waals surface area contributed by atoms with Crippen molar-refractivity contribution < 1.29 is 24.0 Å².